The molecule has 1 aromatic heterocycles. The Kier molecular flexibility index (Phi) is 3.69. The Hall–Kier alpha value is -2.42. The lowest BCUT2D eigenvalue weighted by atomic mass is 9.73. The van der Waals surface area contributed by atoms with Crippen LogP contribution in [0.4, 0.5) is 0 Å². The molecule has 0 atom stereocenters. The fourth-order valence-electron chi connectivity index (χ4n) is 3.44. The van der Waals surface area contributed by atoms with Gasteiger partial charge in [0, 0.05) is 16.8 Å². The first-order valence-corrected chi connectivity index (χ1v) is 8.65. The lowest BCUT2D eigenvalue weighted by Gasteiger charge is -2.32. The molecule has 3 aromatic rings. The van der Waals surface area contributed by atoms with Crippen LogP contribution in [0.3, 0.4) is 0 Å². The molecule has 142 valence electrons. The molecule has 0 amide bonds. The van der Waals surface area contributed by atoms with E-state index in [0.717, 1.165) is 6.07 Å². The normalized spacial score (nSPS) is 18.6. The molecular weight excluding hydrogens is 351 g/mol. The van der Waals surface area contributed by atoms with E-state index in [2.05, 4.69) is 0 Å². The van der Waals surface area contributed by atoms with Crippen LogP contribution in [0.5, 0.6) is 17.2 Å². The maximum absolute atomic E-state index is 10.4. The Balaban J connectivity index is 2.09. The summed E-state index contributed by atoms with van der Waals surface area (Å²) in [5, 5.41) is 41.2. The summed E-state index contributed by atoms with van der Waals surface area (Å²) in [5.74, 6) is -0.605. The Morgan fingerprint density at radius 1 is 0.889 bits per heavy atom. The zero-order valence-corrected chi connectivity index (χ0v) is 15.5. The van der Waals surface area contributed by atoms with E-state index in [4.69, 9.17) is 13.7 Å². The molecule has 0 saturated carbocycles. The zero-order valence-electron chi connectivity index (χ0n) is 15.5. The third-order valence-electron chi connectivity index (χ3n) is 5.57. The van der Waals surface area contributed by atoms with Gasteiger partial charge in [-0.2, -0.15) is 0 Å². The molecule has 0 spiro atoms. The molecule has 2 aromatic carbocycles. The lowest BCUT2D eigenvalue weighted by Crippen LogP contribution is -2.41. The second-order valence-electron chi connectivity index (χ2n) is 7.86. The van der Waals surface area contributed by atoms with Crippen LogP contribution in [0, 0.1) is 0 Å². The van der Waals surface area contributed by atoms with Gasteiger partial charge in [-0.1, -0.05) is 0 Å². The van der Waals surface area contributed by atoms with E-state index >= 15 is 0 Å². The number of aliphatic hydroxyl groups excluding tert-OH is 1. The van der Waals surface area contributed by atoms with Gasteiger partial charge < -0.3 is 34.2 Å². The van der Waals surface area contributed by atoms with Crippen LogP contribution in [0.1, 0.15) is 33.3 Å². The van der Waals surface area contributed by atoms with Crippen molar-refractivity contribution in [2.75, 3.05) is 0 Å². The summed E-state index contributed by atoms with van der Waals surface area (Å²) in [7, 11) is -0.828. The highest BCUT2D eigenvalue weighted by Crippen LogP contribution is 2.42. The number of aliphatic hydroxyl groups is 1. The summed E-state index contributed by atoms with van der Waals surface area (Å²) >= 11 is 0. The first kappa shape index (κ1) is 18.0. The Morgan fingerprint density at radius 3 is 2.07 bits per heavy atom. The van der Waals surface area contributed by atoms with Crippen LogP contribution < -0.4 is 5.46 Å². The zero-order chi connectivity index (χ0) is 19.7. The van der Waals surface area contributed by atoms with E-state index in [1.54, 1.807) is 0 Å². The molecule has 4 rings (SSSR count). The number of phenols is 3. The maximum Gasteiger partial charge on any atom is 0.495 e. The molecule has 1 fully saturated rings. The second kappa shape index (κ2) is 5.54. The molecular formula is C19H21BO7. The summed E-state index contributed by atoms with van der Waals surface area (Å²) < 4.78 is 17.9. The van der Waals surface area contributed by atoms with Crippen molar-refractivity contribution in [3.05, 3.63) is 23.8 Å². The molecule has 1 aliphatic heterocycles. The van der Waals surface area contributed by atoms with Crippen molar-refractivity contribution in [1.82, 2.24) is 0 Å². The van der Waals surface area contributed by atoms with Gasteiger partial charge in [-0.15, -0.1) is 0 Å². The number of phenolic OH excluding ortho intramolecular Hbond substituents is 3. The monoisotopic (exact) mass is 372 g/mol. The van der Waals surface area contributed by atoms with E-state index in [9.17, 15) is 20.4 Å². The van der Waals surface area contributed by atoms with Crippen molar-refractivity contribution in [3.8, 4) is 17.2 Å². The minimum Gasteiger partial charge on any atom is -0.508 e. The van der Waals surface area contributed by atoms with Crippen molar-refractivity contribution in [3.63, 3.8) is 0 Å². The fourth-order valence-corrected chi connectivity index (χ4v) is 3.44. The Morgan fingerprint density at radius 2 is 1.48 bits per heavy atom. The first-order valence-electron chi connectivity index (χ1n) is 8.65. The largest absolute Gasteiger partial charge is 0.508 e. The summed E-state index contributed by atoms with van der Waals surface area (Å²) in [6, 6.07) is 3.97. The topological polar surface area (TPSA) is 113 Å². The van der Waals surface area contributed by atoms with E-state index in [1.165, 1.54) is 12.1 Å². The minimum atomic E-state index is -0.828. The second-order valence-corrected chi connectivity index (χ2v) is 7.86. The summed E-state index contributed by atoms with van der Waals surface area (Å²) in [4.78, 5) is 0. The number of hydrogen-bond donors (Lipinski definition) is 4. The molecule has 4 N–H and O–H groups in total. The van der Waals surface area contributed by atoms with Gasteiger partial charge in [0.2, 0.25) is 0 Å². The van der Waals surface area contributed by atoms with Crippen LogP contribution in [-0.2, 0) is 15.9 Å². The van der Waals surface area contributed by atoms with Crippen molar-refractivity contribution in [2.45, 2.75) is 45.5 Å². The van der Waals surface area contributed by atoms with Crippen molar-refractivity contribution >= 4 is 34.5 Å². The summed E-state index contributed by atoms with van der Waals surface area (Å²) in [6.07, 6.45) is 0. The molecule has 7 nitrogen and oxygen atoms in total. The van der Waals surface area contributed by atoms with Gasteiger partial charge in [-0.3, -0.25) is 0 Å². The Bertz CT molecular complexity index is 1050. The average molecular weight is 372 g/mol. The first-order chi connectivity index (χ1) is 12.6. The maximum atomic E-state index is 10.4. The van der Waals surface area contributed by atoms with E-state index in [1.807, 2.05) is 27.7 Å². The highest BCUT2D eigenvalue weighted by Gasteiger charge is 2.53. The van der Waals surface area contributed by atoms with Crippen LogP contribution >= 0.6 is 0 Å². The number of rotatable bonds is 2. The quantitative estimate of drug-likeness (QED) is 0.511. The molecule has 8 heteroatoms. The molecule has 0 radical (unpaired) electrons. The van der Waals surface area contributed by atoms with Gasteiger partial charge in [0.1, 0.15) is 5.75 Å². The van der Waals surface area contributed by atoms with Gasteiger partial charge in [0.25, 0.3) is 0 Å². The molecule has 0 aliphatic carbocycles. The summed E-state index contributed by atoms with van der Waals surface area (Å²) in [6.45, 7) is 7.28. The third-order valence-corrected chi connectivity index (χ3v) is 5.57. The van der Waals surface area contributed by atoms with E-state index < -0.39 is 18.3 Å². The lowest BCUT2D eigenvalue weighted by molar-refractivity contribution is 0.00578. The standard InChI is InChI=1S/C19H21BO7/c1-18(2)19(3,4)27-20(26-18)15-9(8-21)5-12(23)17-14(15)11-6-10(22)7-13(24)16(11)25-17/h5-7,21-24H,8H2,1-4H3. The highest BCUT2D eigenvalue weighted by atomic mass is 16.7. The van der Waals surface area contributed by atoms with Gasteiger partial charge in [-0.05, 0) is 50.9 Å². The highest BCUT2D eigenvalue weighted by molar-refractivity contribution is 6.66. The molecule has 0 bridgehead atoms. The molecule has 0 unspecified atom stereocenters. The van der Waals surface area contributed by atoms with Crippen molar-refractivity contribution < 1.29 is 34.2 Å². The molecule has 1 aliphatic rings. The van der Waals surface area contributed by atoms with Crippen LogP contribution in [0.2, 0.25) is 0 Å². The van der Waals surface area contributed by atoms with Gasteiger partial charge in [0.05, 0.1) is 17.8 Å². The third kappa shape index (κ3) is 2.48. The fraction of sp³-hybridized carbons (Fsp3) is 0.368. The number of furan rings is 1. The SMILES string of the molecule is CC1(C)OB(c2c(CO)cc(O)c3oc4c(O)cc(O)cc4c23)OC1(C)C. The number of hydrogen-bond acceptors (Lipinski definition) is 7. The number of benzene rings is 2. The molecule has 27 heavy (non-hydrogen) atoms. The minimum absolute atomic E-state index is 0.117. The van der Waals surface area contributed by atoms with Crippen molar-refractivity contribution in [1.29, 1.82) is 0 Å². The smallest absolute Gasteiger partial charge is 0.495 e. The summed E-state index contributed by atoms with van der Waals surface area (Å²) in [5.41, 5.74) is -0.0906. The van der Waals surface area contributed by atoms with E-state index in [0.29, 0.717) is 21.8 Å². The predicted molar refractivity (Wildman–Crippen MR) is 100 cm³/mol. The van der Waals surface area contributed by atoms with Crippen LogP contribution in [0.15, 0.2) is 22.6 Å². The number of aromatic hydroxyl groups is 3. The average Bonchev–Trinajstić information content (AvgIpc) is 3.03. The predicted octanol–water partition coefficient (Wildman–Crippen LogP) is 2.49. The van der Waals surface area contributed by atoms with Gasteiger partial charge in [0.15, 0.2) is 22.7 Å². The van der Waals surface area contributed by atoms with E-state index in [-0.39, 0.29) is 35.0 Å². The van der Waals surface area contributed by atoms with Gasteiger partial charge in [-0.25, -0.2) is 0 Å². The number of fused-ring (bicyclic) bond motifs is 3. The Labute approximate surface area is 155 Å². The van der Waals surface area contributed by atoms with Crippen molar-refractivity contribution in [2.24, 2.45) is 0 Å². The van der Waals surface area contributed by atoms with Gasteiger partial charge >= 0.3 is 7.12 Å². The molecule has 1 saturated heterocycles. The molecule has 2 heterocycles. The van der Waals surface area contributed by atoms with Crippen LogP contribution in [-0.4, -0.2) is 38.7 Å². The van der Waals surface area contributed by atoms with Crippen LogP contribution in [0.25, 0.3) is 21.9 Å².